The van der Waals surface area contributed by atoms with E-state index >= 15 is 0 Å². The second-order valence-corrected chi connectivity index (χ2v) is 8.76. The van der Waals surface area contributed by atoms with Crippen LogP contribution in [0.5, 0.6) is 5.75 Å². The molecule has 144 valence electrons. The van der Waals surface area contributed by atoms with Crippen molar-refractivity contribution in [2.75, 3.05) is 0 Å². The highest BCUT2D eigenvalue weighted by Gasteiger charge is 2.26. The Balaban J connectivity index is 1.44. The van der Waals surface area contributed by atoms with Gasteiger partial charge in [0.15, 0.2) is 5.82 Å². The van der Waals surface area contributed by atoms with Crippen molar-refractivity contribution in [1.29, 1.82) is 0 Å². The van der Waals surface area contributed by atoms with Crippen LogP contribution in [-0.4, -0.2) is 19.2 Å². The summed E-state index contributed by atoms with van der Waals surface area (Å²) in [5.74, 6) is 2.09. The number of phenolic OH excluding ortho intramolecular Hbond substituents is 1. The zero-order valence-corrected chi connectivity index (χ0v) is 17.0. The first kappa shape index (κ1) is 17.6. The largest absolute Gasteiger partial charge is 0.508 e. The van der Waals surface area contributed by atoms with Crippen LogP contribution in [0, 0.1) is 0 Å². The van der Waals surface area contributed by atoms with Crippen molar-refractivity contribution in [3.05, 3.63) is 59.2 Å². The lowest BCUT2D eigenvalue weighted by Gasteiger charge is -2.27. The van der Waals surface area contributed by atoms with Gasteiger partial charge in [0.2, 0.25) is 0 Å². The number of phenols is 1. The highest BCUT2D eigenvalue weighted by molar-refractivity contribution is 7.17. The number of aryl methyl sites for hydroxylation is 2. The molecule has 0 atom stereocenters. The number of nitrogens with zero attached hydrogens (tertiary/aromatic N) is 3. The van der Waals surface area contributed by atoms with Crippen molar-refractivity contribution in [1.82, 2.24) is 14.1 Å². The molecular weight excluding hydrogens is 366 g/mol. The van der Waals surface area contributed by atoms with Gasteiger partial charge >= 0.3 is 0 Å². The normalized spacial score (nSPS) is 14.6. The highest BCUT2D eigenvalue weighted by Crippen LogP contribution is 2.39. The van der Waals surface area contributed by atoms with E-state index in [4.69, 9.17) is 4.98 Å². The molecule has 5 rings (SSSR count). The Morgan fingerprint density at radius 3 is 2.71 bits per heavy atom. The summed E-state index contributed by atoms with van der Waals surface area (Å²) < 4.78 is 6.06. The number of benzene rings is 1. The Labute approximate surface area is 169 Å². The molecule has 0 spiro atoms. The van der Waals surface area contributed by atoms with Gasteiger partial charge in [-0.3, -0.25) is 0 Å². The summed E-state index contributed by atoms with van der Waals surface area (Å²) in [6, 6.07) is 12.0. The number of aromatic nitrogens is 3. The molecular formula is C23H25N3OS. The average Bonchev–Trinajstić information content (AvgIpc) is 3.33. The van der Waals surface area contributed by atoms with Gasteiger partial charge in [-0.2, -0.15) is 0 Å². The van der Waals surface area contributed by atoms with Crippen molar-refractivity contribution in [2.45, 2.75) is 44.6 Å². The monoisotopic (exact) mass is 391 g/mol. The van der Waals surface area contributed by atoms with E-state index in [0.717, 1.165) is 25.2 Å². The van der Waals surface area contributed by atoms with E-state index in [1.54, 1.807) is 23.5 Å². The molecule has 28 heavy (non-hydrogen) atoms. The molecule has 3 heterocycles. The molecule has 4 nitrogen and oxygen atoms in total. The maximum absolute atomic E-state index is 9.48. The third-order valence-electron chi connectivity index (χ3n) is 6.09. The SMILES string of the molecule is Cn1c(-c2ncc(C3CCC3)n2CCCc2ccc(O)cc2)cc2sccc21. The summed E-state index contributed by atoms with van der Waals surface area (Å²) in [6.45, 7) is 0.973. The van der Waals surface area contributed by atoms with Crippen molar-refractivity contribution >= 4 is 21.6 Å². The van der Waals surface area contributed by atoms with E-state index in [9.17, 15) is 5.11 Å². The van der Waals surface area contributed by atoms with Crippen molar-refractivity contribution in [3.8, 4) is 17.3 Å². The summed E-state index contributed by atoms with van der Waals surface area (Å²) in [5.41, 5.74) is 5.15. The number of rotatable bonds is 6. The van der Waals surface area contributed by atoms with Gasteiger partial charge in [-0.15, -0.1) is 11.3 Å². The summed E-state index contributed by atoms with van der Waals surface area (Å²) in [5, 5.41) is 11.6. The van der Waals surface area contributed by atoms with Crippen LogP contribution in [0.1, 0.15) is 42.9 Å². The lowest BCUT2D eigenvalue weighted by molar-refractivity contribution is 0.395. The summed E-state index contributed by atoms with van der Waals surface area (Å²) in [6.07, 6.45) is 8.08. The van der Waals surface area contributed by atoms with Gasteiger partial charge in [0, 0.05) is 31.4 Å². The Morgan fingerprint density at radius 2 is 2.00 bits per heavy atom. The van der Waals surface area contributed by atoms with Crippen molar-refractivity contribution in [3.63, 3.8) is 0 Å². The van der Waals surface area contributed by atoms with Crippen LogP contribution >= 0.6 is 11.3 Å². The summed E-state index contributed by atoms with van der Waals surface area (Å²) in [4.78, 5) is 4.88. The second kappa shape index (κ2) is 7.13. The number of hydrogen-bond acceptors (Lipinski definition) is 3. The second-order valence-electron chi connectivity index (χ2n) is 7.81. The fourth-order valence-electron chi connectivity index (χ4n) is 4.23. The molecule has 0 unspecified atom stereocenters. The standard InChI is InChI=1S/C23H25N3OS/c1-25-19-11-13-28-22(19)14-20(25)23-24-15-21(17-5-2-6-17)26(23)12-3-4-16-7-9-18(27)10-8-16/h7-11,13-15,17,27H,2-6,12H2,1H3. The van der Waals surface area contributed by atoms with E-state index < -0.39 is 0 Å². The van der Waals surface area contributed by atoms with Crippen LogP contribution in [-0.2, 0) is 20.0 Å². The minimum absolute atomic E-state index is 0.330. The van der Waals surface area contributed by atoms with E-state index in [1.165, 1.54) is 46.4 Å². The maximum Gasteiger partial charge on any atom is 0.156 e. The third kappa shape index (κ3) is 3.04. The van der Waals surface area contributed by atoms with Crippen molar-refractivity contribution in [2.24, 2.45) is 7.05 Å². The van der Waals surface area contributed by atoms with Gasteiger partial charge < -0.3 is 14.2 Å². The van der Waals surface area contributed by atoms with E-state index in [1.807, 2.05) is 12.1 Å². The first-order chi connectivity index (χ1) is 13.7. The topological polar surface area (TPSA) is 43.0 Å². The van der Waals surface area contributed by atoms with Gasteiger partial charge in [0.1, 0.15) is 5.75 Å². The van der Waals surface area contributed by atoms with Gasteiger partial charge in [-0.1, -0.05) is 18.6 Å². The smallest absolute Gasteiger partial charge is 0.156 e. The molecule has 0 bridgehead atoms. The molecule has 0 aliphatic heterocycles. The Morgan fingerprint density at radius 1 is 1.18 bits per heavy atom. The molecule has 1 fully saturated rings. The molecule has 1 aromatic carbocycles. The fourth-order valence-corrected chi connectivity index (χ4v) is 5.08. The molecule has 0 radical (unpaired) electrons. The molecule has 4 aromatic rings. The molecule has 1 saturated carbocycles. The highest BCUT2D eigenvalue weighted by atomic mass is 32.1. The van der Waals surface area contributed by atoms with Gasteiger partial charge in [0.25, 0.3) is 0 Å². The minimum atomic E-state index is 0.330. The van der Waals surface area contributed by atoms with Crippen LogP contribution in [0.2, 0.25) is 0 Å². The molecule has 1 aliphatic rings. The Bertz CT molecular complexity index is 1100. The van der Waals surface area contributed by atoms with Crippen LogP contribution in [0.15, 0.2) is 48.0 Å². The van der Waals surface area contributed by atoms with Gasteiger partial charge in [-0.05, 0) is 60.9 Å². The third-order valence-corrected chi connectivity index (χ3v) is 6.94. The van der Waals surface area contributed by atoms with Crippen molar-refractivity contribution < 1.29 is 5.11 Å². The fraction of sp³-hybridized carbons (Fsp3) is 0.348. The molecule has 5 heteroatoms. The van der Waals surface area contributed by atoms with E-state index in [0.29, 0.717) is 11.7 Å². The van der Waals surface area contributed by atoms with E-state index in [2.05, 4.69) is 39.9 Å². The van der Waals surface area contributed by atoms with Crippen LogP contribution in [0.3, 0.4) is 0 Å². The lowest BCUT2D eigenvalue weighted by atomic mass is 9.83. The number of aromatic hydroxyl groups is 1. The number of fused-ring (bicyclic) bond motifs is 1. The van der Waals surface area contributed by atoms with Gasteiger partial charge in [0.05, 0.1) is 15.9 Å². The first-order valence-corrected chi connectivity index (χ1v) is 11.0. The molecule has 3 aromatic heterocycles. The number of imidazole rings is 1. The predicted octanol–water partition coefficient (Wildman–Crippen LogP) is 5.71. The quantitative estimate of drug-likeness (QED) is 0.457. The number of hydrogen-bond donors (Lipinski definition) is 1. The molecule has 1 N–H and O–H groups in total. The number of thiophene rings is 1. The van der Waals surface area contributed by atoms with Crippen LogP contribution in [0.4, 0.5) is 0 Å². The molecule has 0 saturated heterocycles. The molecule has 0 amide bonds. The minimum Gasteiger partial charge on any atom is -0.508 e. The molecule has 1 aliphatic carbocycles. The summed E-state index contributed by atoms with van der Waals surface area (Å²) in [7, 11) is 2.14. The zero-order valence-electron chi connectivity index (χ0n) is 16.1. The maximum atomic E-state index is 9.48. The van der Waals surface area contributed by atoms with Crippen LogP contribution in [0.25, 0.3) is 21.7 Å². The predicted molar refractivity (Wildman–Crippen MR) is 115 cm³/mol. The first-order valence-electron chi connectivity index (χ1n) is 10.1. The lowest BCUT2D eigenvalue weighted by Crippen LogP contribution is -2.16. The Kier molecular flexibility index (Phi) is 4.47. The van der Waals surface area contributed by atoms with Crippen LogP contribution < -0.4 is 0 Å². The van der Waals surface area contributed by atoms with Gasteiger partial charge in [-0.25, -0.2) is 4.98 Å². The zero-order chi connectivity index (χ0) is 19.1. The Hall–Kier alpha value is -2.53. The average molecular weight is 392 g/mol. The summed E-state index contributed by atoms with van der Waals surface area (Å²) >= 11 is 1.79. The van der Waals surface area contributed by atoms with E-state index in [-0.39, 0.29) is 0 Å².